The molecule has 5 aliphatic rings. The van der Waals surface area contributed by atoms with Gasteiger partial charge in [0.1, 0.15) is 24.2 Å². The van der Waals surface area contributed by atoms with Crippen molar-refractivity contribution in [2.45, 2.75) is 81.8 Å². The number of likely N-dealkylation sites (tertiary alicyclic amines) is 1. The van der Waals surface area contributed by atoms with Gasteiger partial charge < -0.3 is 25.2 Å². The lowest BCUT2D eigenvalue weighted by molar-refractivity contribution is -0.133. The van der Waals surface area contributed by atoms with Crippen molar-refractivity contribution in [2.24, 2.45) is 16.8 Å². The minimum atomic E-state index is -3.10. The topological polar surface area (TPSA) is 161 Å². The van der Waals surface area contributed by atoms with Crippen molar-refractivity contribution in [3.63, 3.8) is 0 Å². The minimum Gasteiger partial charge on any atom is -0.374 e. The second-order valence-corrected chi connectivity index (χ2v) is 16.5. The lowest BCUT2D eigenvalue weighted by atomic mass is 9.82. The van der Waals surface area contributed by atoms with Gasteiger partial charge in [0.05, 0.1) is 31.1 Å². The van der Waals surface area contributed by atoms with E-state index in [1.807, 2.05) is 0 Å². The van der Waals surface area contributed by atoms with Crippen molar-refractivity contribution in [1.82, 2.24) is 25.5 Å². The van der Waals surface area contributed by atoms with E-state index in [0.717, 1.165) is 19.0 Å². The zero-order valence-corrected chi connectivity index (χ0v) is 33.6. The van der Waals surface area contributed by atoms with Gasteiger partial charge in [0, 0.05) is 67.7 Å². The minimum absolute atomic E-state index is 0.00657. The van der Waals surface area contributed by atoms with Gasteiger partial charge in [-0.25, -0.2) is 32.5 Å². The first-order chi connectivity index (χ1) is 29.4. The van der Waals surface area contributed by atoms with Gasteiger partial charge in [-0.2, -0.15) is 0 Å². The van der Waals surface area contributed by atoms with Gasteiger partial charge in [0.2, 0.25) is 23.7 Å². The monoisotopic (exact) mass is 847 g/mol. The Morgan fingerprint density at radius 1 is 0.934 bits per heavy atom. The maximum absolute atomic E-state index is 15.7. The second-order valence-electron chi connectivity index (χ2n) is 16.5. The number of carbonyl (C=O) groups is 4. The fourth-order valence-corrected chi connectivity index (χ4v) is 9.08. The molecule has 61 heavy (non-hydrogen) atoms. The number of carbonyl (C=O) groups excluding carboxylic acids is 4. The Bertz CT molecular complexity index is 2160. The molecule has 4 saturated heterocycles. The standard InChI is InChI=1S/C43H49F4N9O5/c44-32-21-30(50-34-9-11-37(57)52-41(34)60)8-10-35(32)55-17-14-36(43(46,47)25-55)54-15-12-29(13-16-54)51-40(59)27-6-4-26(5-7-27)22-48-42-49-23-33(45)39(53-42)28-2-1-3-31(20-28)56-18-19-61-24-38(56)58/h1-3,8,10,20-23,26-27,29,34,36,50H,4-7,9,11-19,24-25H2,(H,51,59)(H,52,57,60)/b48-22+. The molecule has 1 aliphatic carbocycles. The number of nitrogens with zero attached hydrogens (tertiary/aromatic N) is 6. The highest BCUT2D eigenvalue weighted by Gasteiger charge is 2.48. The summed E-state index contributed by atoms with van der Waals surface area (Å²) in [6.45, 7) is 1.25. The lowest BCUT2D eigenvalue weighted by Gasteiger charge is -2.46. The van der Waals surface area contributed by atoms with Crippen LogP contribution in [0, 0.1) is 23.5 Å². The van der Waals surface area contributed by atoms with Crippen LogP contribution in [-0.2, 0) is 23.9 Å². The first kappa shape index (κ1) is 42.2. The van der Waals surface area contributed by atoms with Gasteiger partial charge >= 0.3 is 0 Å². The summed E-state index contributed by atoms with van der Waals surface area (Å²) in [6.07, 6.45) is 7.31. The van der Waals surface area contributed by atoms with E-state index in [-0.39, 0.29) is 85.3 Å². The third kappa shape index (κ3) is 9.85. The van der Waals surface area contributed by atoms with Crippen molar-refractivity contribution >= 4 is 52.9 Å². The Kier molecular flexibility index (Phi) is 12.6. The van der Waals surface area contributed by atoms with Crippen LogP contribution in [0.2, 0.25) is 0 Å². The number of amides is 4. The lowest BCUT2D eigenvalue weighted by Crippen LogP contribution is -2.61. The summed E-state index contributed by atoms with van der Waals surface area (Å²) in [5.74, 6) is -5.40. The van der Waals surface area contributed by atoms with E-state index in [0.29, 0.717) is 68.9 Å². The zero-order chi connectivity index (χ0) is 42.7. The van der Waals surface area contributed by atoms with Gasteiger partial charge in [-0.1, -0.05) is 12.1 Å². The number of anilines is 3. The third-order valence-electron chi connectivity index (χ3n) is 12.4. The molecule has 5 fully saturated rings. The van der Waals surface area contributed by atoms with Crippen LogP contribution in [0.5, 0.6) is 0 Å². The number of rotatable bonds is 10. The SMILES string of the molecule is O=C1CCC(Nc2ccc(N3CCC(N4CCC(NC(=O)C5CCC(/C=N/c6ncc(F)c(-c7cccc(N8CCOCC8=O)c7)n6)CC5)CC4)C(F)(F)C3)c(F)c2)C(=O)N1. The number of hydrogen-bond donors (Lipinski definition) is 3. The smallest absolute Gasteiger partial charge is 0.280 e. The molecule has 0 bridgehead atoms. The number of alkyl halides is 2. The van der Waals surface area contributed by atoms with Crippen molar-refractivity contribution in [3.8, 4) is 11.3 Å². The van der Waals surface area contributed by atoms with E-state index in [1.54, 1.807) is 46.3 Å². The van der Waals surface area contributed by atoms with Crippen LogP contribution >= 0.6 is 0 Å². The van der Waals surface area contributed by atoms with E-state index >= 15 is 13.2 Å². The van der Waals surface area contributed by atoms with Crippen molar-refractivity contribution in [2.75, 3.05) is 61.1 Å². The Morgan fingerprint density at radius 3 is 2.48 bits per heavy atom. The van der Waals surface area contributed by atoms with E-state index in [2.05, 4.69) is 30.9 Å². The number of halogens is 4. The predicted molar refractivity (Wildman–Crippen MR) is 219 cm³/mol. The predicted octanol–water partition coefficient (Wildman–Crippen LogP) is 5.01. The summed E-state index contributed by atoms with van der Waals surface area (Å²) in [5.41, 5.74) is 1.58. The summed E-state index contributed by atoms with van der Waals surface area (Å²) in [5, 5.41) is 8.33. The maximum atomic E-state index is 15.7. The molecule has 4 amide bonds. The van der Waals surface area contributed by atoms with Crippen LogP contribution in [0.1, 0.15) is 57.8 Å². The molecule has 1 saturated carbocycles. The van der Waals surface area contributed by atoms with Crippen LogP contribution in [-0.4, -0.2) is 115 Å². The van der Waals surface area contributed by atoms with Crippen molar-refractivity contribution in [1.29, 1.82) is 0 Å². The number of hydrogen-bond acceptors (Lipinski definition) is 11. The molecule has 3 aromatic rings. The molecular weight excluding hydrogens is 799 g/mol. The first-order valence-corrected chi connectivity index (χ1v) is 21.0. The molecule has 2 unspecified atom stereocenters. The average Bonchev–Trinajstić information content (AvgIpc) is 3.25. The van der Waals surface area contributed by atoms with Gasteiger partial charge in [-0.3, -0.25) is 29.4 Å². The molecule has 5 heterocycles. The Morgan fingerprint density at radius 2 is 1.74 bits per heavy atom. The molecule has 4 aliphatic heterocycles. The molecule has 8 rings (SSSR count). The van der Waals surface area contributed by atoms with Crippen LogP contribution in [0.25, 0.3) is 11.3 Å². The first-order valence-electron chi connectivity index (χ1n) is 21.0. The molecule has 324 valence electrons. The van der Waals surface area contributed by atoms with E-state index in [4.69, 9.17) is 4.74 Å². The maximum Gasteiger partial charge on any atom is 0.280 e. The largest absolute Gasteiger partial charge is 0.374 e. The van der Waals surface area contributed by atoms with Gasteiger partial charge in [0.15, 0.2) is 5.82 Å². The number of aromatic nitrogens is 2. The summed E-state index contributed by atoms with van der Waals surface area (Å²) in [6, 6.07) is 9.31. The molecule has 2 atom stereocenters. The van der Waals surface area contributed by atoms with Crippen molar-refractivity contribution in [3.05, 3.63) is 60.3 Å². The van der Waals surface area contributed by atoms with Gasteiger partial charge in [0.25, 0.3) is 11.8 Å². The highest BCUT2D eigenvalue weighted by Crippen LogP contribution is 2.37. The summed E-state index contributed by atoms with van der Waals surface area (Å²) < 4.78 is 66.7. The number of imide groups is 1. The zero-order valence-electron chi connectivity index (χ0n) is 33.6. The normalized spacial score (nSPS) is 25.4. The molecule has 2 aromatic carbocycles. The van der Waals surface area contributed by atoms with Crippen molar-refractivity contribution < 1.29 is 41.5 Å². The van der Waals surface area contributed by atoms with Gasteiger partial charge in [-0.15, -0.1) is 0 Å². The highest BCUT2D eigenvalue weighted by molar-refractivity contribution is 6.01. The Balaban J connectivity index is 0.777. The van der Waals surface area contributed by atoms with E-state index in [9.17, 15) is 23.6 Å². The van der Waals surface area contributed by atoms with E-state index in [1.165, 1.54) is 17.0 Å². The highest BCUT2D eigenvalue weighted by atomic mass is 19.3. The Hall–Kier alpha value is -5.49. The molecule has 1 aromatic heterocycles. The Labute approximate surface area is 350 Å². The number of piperidine rings is 3. The molecule has 18 heteroatoms. The van der Waals surface area contributed by atoms with Crippen LogP contribution in [0.4, 0.5) is 40.6 Å². The number of morpholine rings is 1. The molecule has 0 spiro atoms. The van der Waals surface area contributed by atoms with Gasteiger partial charge in [-0.05, 0) is 87.6 Å². The molecular formula is C43H49F4N9O5. The van der Waals surface area contributed by atoms with Crippen LogP contribution in [0.3, 0.4) is 0 Å². The molecule has 0 radical (unpaired) electrons. The number of nitrogens with one attached hydrogen (secondary N) is 3. The fourth-order valence-electron chi connectivity index (χ4n) is 9.08. The third-order valence-corrected chi connectivity index (χ3v) is 12.4. The summed E-state index contributed by atoms with van der Waals surface area (Å²) in [7, 11) is 0. The number of ether oxygens (including phenoxy) is 1. The summed E-state index contributed by atoms with van der Waals surface area (Å²) >= 11 is 0. The number of aliphatic imine (C=N–C) groups is 1. The average molecular weight is 848 g/mol. The molecule has 14 nitrogen and oxygen atoms in total. The summed E-state index contributed by atoms with van der Waals surface area (Å²) in [4.78, 5) is 66.8. The second kappa shape index (κ2) is 18.2. The van der Waals surface area contributed by atoms with E-state index < -0.39 is 42.1 Å². The van der Waals surface area contributed by atoms with Crippen LogP contribution < -0.4 is 25.8 Å². The fraction of sp³-hybridized carbons (Fsp3) is 0.512. The number of benzene rings is 2. The quantitative estimate of drug-likeness (QED) is 0.144. The van der Waals surface area contributed by atoms with Crippen LogP contribution in [0.15, 0.2) is 53.7 Å². The molecule has 3 N–H and O–H groups in total.